The molecule has 13 heavy (non-hydrogen) atoms. The Bertz CT molecular complexity index is 151. The summed E-state index contributed by atoms with van der Waals surface area (Å²) in [5.41, 5.74) is 5.65. The number of halogens is 1. The molecule has 0 aromatic heterocycles. The standard InChI is InChI=1S/C7H14INO4/c1-12-7-5(9)6(11)4(8)3(2-10)13-7/h3-7,10-11H,2,9H2,1H3. The minimum Gasteiger partial charge on any atom is -0.394 e. The maximum atomic E-state index is 9.65. The number of methoxy groups -OCH3 is 1. The van der Waals surface area contributed by atoms with Crippen LogP contribution in [0, 0.1) is 0 Å². The zero-order valence-corrected chi connectivity index (χ0v) is 9.42. The van der Waals surface area contributed by atoms with E-state index in [9.17, 15) is 5.11 Å². The van der Waals surface area contributed by atoms with Crippen molar-refractivity contribution in [3.63, 3.8) is 0 Å². The van der Waals surface area contributed by atoms with Gasteiger partial charge in [-0.15, -0.1) is 0 Å². The van der Waals surface area contributed by atoms with Gasteiger partial charge in [-0.2, -0.15) is 0 Å². The first-order chi connectivity index (χ1) is 6.11. The van der Waals surface area contributed by atoms with E-state index in [1.165, 1.54) is 7.11 Å². The topological polar surface area (TPSA) is 84.9 Å². The van der Waals surface area contributed by atoms with Gasteiger partial charge in [-0.05, 0) is 0 Å². The normalized spacial score (nSPS) is 46.4. The van der Waals surface area contributed by atoms with E-state index in [0.29, 0.717) is 0 Å². The summed E-state index contributed by atoms with van der Waals surface area (Å²) in [6.07, 6.45) is -1.77. The lowest BCUT2D eigenvalue weighted by atomic mass is 10.0. The van der Waals surface area contributed by atoms with Crippen molar-refractivity contribution in [2.45, 2.75) is 28.5 Å². The molecule has 0 radical (unpaired) electrons. The highest BCUT2D eigenvalue weighted by Crippen LogP contribution is 2.25. The van der Waals surface area contributed by atoms with Crippen LogP contribution in [-0.2, 0) is 9.47 Å². The molecule has 1 heterocycles. The van der Waals surface area contributed by atoms with Gasteiger partial charge in [0, 0.05) is 7.11 Å². The Morgan fingerprint density at radius 2 is 2.23 bits per heavy atom. The molecule has 0 saturated carbocycles. The predicted octanol–water partition coefficient (Wildman–Crippen LogP) is -1.16. The number of ether oxygens (including phenoxy) is 2. The average Bonchev–Trinajstić information content (AvgIpc) is 2.15. The van der Waals surface area contributed by atoms with Crippen LogP contribution in [0.15, 0.2) is 0 Å². The molecule has 0 bridgehead atoms. The van der Waals surface area contributed by atoms with E-state index >= 15 is 0 Å². The fourth-order valence-corrected chi connectivity index (χ4v) is 2.16. The van der Waals surface area contributed by atoms with Crippen molar-refractivity contribution in [1.29, 1.82) is 0 Å². The molecule has 5 nitrogen and oxygen atoms in total. The number of aliphatic hydroxyl groups is 2. The van der Waals surface area contributed by atoms with Crippen LogP contribution < -0.4 is 5.73 Å². The van der Waals surface area contributed by atoms with E-state index in [1.54, 1.807) is 0 Å². The van der Waals surface area contributed by atoms with E-state index in [4.69, 9.17) is 20.3 Å². The molecule has 1 fully saturated rings. The van der Waals surface area contributed by atoms with E-state index in [1.807, 2.05) is 22.6 Å². The summed E-state index contributed by atoms with van der Waals surface area (Å²) in [5, 5.41) is 18.6. The number of hydrogen-bond donors (Lipinski definition) is 3. The zero-order valence-electron chi connectivity index (χ0n) is 7.26. The van der Waals surface area contributed by atoms with Gasteiger partial charge in [0.2, 0.25) is 0 Å². The summed E-state index contributed by atoms with van der Waals surface area (Å²) in [6, 6.07) is -0.560. The zero-order chi connectivity index (χ0) is 10.0. The second-order valence-corrected chi connectivity index (χ2v) is 4.41. The summed E-state index contributed by atoms with van der Waals surface area (Å²) in [5.74, 6) is 0. The molecule has 5 unspecified atom stereocenters. The molecule has 1 rings (SSSR count). The van der Waals surface area contributed by atoms with Gasteiger partial charge in [0.05, 0.1) is 28.8 Å². The van der Waals surface area contributed by atoms with Crippen LogP contribution in [0.3, 0.4) is 0 Å². The number of rotatable bonds is 2. The second kappa shape index (κ2) is 4.85. The van der Waals surface area contributed by atoms with Gasteiger partial charge >= 0.3 is 0 Å². The molecule has 0 aliphatic carbocycles. The van der Waals surface area contributed by atoms with Crippen LogP contribution in [-0.4, -0.2) is 52.4 Å². The summed E-state index contributed by atoms with van der Waals surface area (Å²) >= 11 is 2.02. The largest absolute Gasteiger partial charge is 0.394 e. The number of alkyl halides is 1. The fraction of sp³-hybridized carbons (Fsp3) is 1.00. The minimum absolute atomic E-state index is 0.142. The van der Waals surface area contributed by atoms with Crippen LogP contribution in [0.25, 0.3) is 0 Å². The molecule has 1 aliphatic heterocycles. The second-order valence-electron chi connectivity index (χ2n) is 2.97. The van der Waals surface area contributed by atoms with Crippen molar-refractivity contribution < 1.29 is 19.7 Å². The Kier molecular flexibility index (Phi) is 4.33. The van der Waals surface area contributed by atoms with E-state index in [0.717, 1.165) is 0 Å². The first kappa shape index (κ1) is 11.6. The molecular formula is C7H14INO4. The number of aliphatic hydroxyl groups excluding tert-OH is 2. The van der Waals surface area contributed by atoms with Gasteiger partial charge in [0.15, 0.2) is 6.29 Å². The number of nitrogens with two attached hydrogens (primary N) is 1. The van der Waals surface area contributed by atoms with Crippen molar-refractivity contribution >= 4 is 22.6 Å². The van der Waals surface area contributed by atoms with Gasteiger partial charge in [-0.25, -0.2) is 0 Å². The maximum absolute atomic E-state index is 9.65. The highest BCUT2D eigenvalue weighted by Gasteiger charge is 2.41. The molecule has 1 aliphatic rings. The summed E-state index contributed by atoms with van der Waals surface area (Å²) in [7, 11) is 1.46. The van der Waals surface area contributed by atoms with Crippen molar-refractivity contribution in [2.75, 3.05) is 13.7 Å². The third-order valence-electron chi connectivity index (χ3n) is 2.11. The predicted molar refractivity (Wildman–Crippen MR) is 54.5 cm³/mol. The Balaban J connectivity index is 2.66. The van der Waals surface area contributed by atoms with Crippen molar-refractivity contribution in [1.82, 2.24) is 0 Å². The Hall–Kier alpha value is 0.530. The SMILES string of the molecule is COC1OC(CO)C(I)C(O)C1N. The lowest BCUT2D eigenvalue weighted by molar-refractivity contribution is -0.215. The fourth-order valence-electron chi connectivity index (χ4n) is 1.29. The molecule has 6 heteroatoms. The molecule has 1 saturated heterocycles. The quantitative estimate of drug-likeness (QED) is 0.443. The van der Waals surface area contributed by atoms with Crippen LogP contribution in [0.4, 0.5) is 0 Å². The molecule has 0 aromatic carbocycles. The molecule has 5 atom stereocenters. The summed E-state index contributed by atoms with van der Waals surface area (Å²) < 4.78 is 10.0. The third kappa shape index (κ3) is 2.31. The highest BCUT2D eigenvalue weighted by molar-refractivity contribution is 14.1. The van der Waals surface area contributed by atoms with E-state index in [-0.39, 0.29) is 10.5 Å². The van der Waals surface area contributed by atoms with Crippen LogP contribution in [0.5, 0.6) is 0 Å². The average molecular weight is 303 g/mol. The summed E-state index contributed by atoms with van der Waals surface area (Å²) in [6.45, 7) is -0.142. The number of hydrogen-bond acceptors (Lipinski definition) is 5. The van der Waals surface area contributed by atoms with E-state index < -0.39 is 24.5 Å². The Labute approximate surface area is 90.3 Å². The molecule has 0 amide bonds. The molecule has 0 aromatic rings. The Morgan fingerprint density at radius 3 is 2.69 bits per heavy atom. The molecule has 78 valence electrons. The maximum Gasteiger partial charge on any atom is 0.175 e. The Morgan fingerprint density at radius 1 is 1.62 bits per heavy atom. The van der Waals surface area contributed by atoms with E-state index in [2.05, 4.69) is 0 Å². The first-order valence-electron chi connectivity index (χ1n) is 3.98. The third-order valence-corrected chi connectivity index (χ3v) is 3.65. The van der Waals surface area contributed by atoms with Gasteiger partial charge in [-0.3, -0.25) is 0 Å². The summed E-state index contributed by atoms with van der Waals surface area (Å²) in [4.78, 5) is 0. The molecule has 4 N–H and O–H groups in total. The molecular weight excluding hydrogens is 289 g/mol. The van der Waals surface area contributed by atoms with Crippen molar-refractivity contribution in [3.8, 4) is 0 Å². The smallest absolute Gasteiger partial charge is 0.175 e. The van der Waals surface area contributed by atoms with Gasteiger partial charge < -0.3 is 25.4 Å². The van der Waals surface area contributed by atoms with Gasteiger partial charge in [0.1, 0.15) is 0 Å². The van der Waals surface area contributed by atoms with Crippen molar-refractivity contribution in [2.24, 2.45) is 5.73 Å². The van der Waals surface area contributed by atoms with Gasteiger partial charge in [-0.1, -0.05) is 22.6 Å². The lowest BCUT2D eigenvalue weighted by Crippen LogP contribution is -2.60. The molecule has 0 spiro atoms. The minimum atomic E-state index is -0.712. The van der Waals surface area contributed by atoms with Crippen LogP contribution in [0.2, 0.25) is 0 Å². The highest BCUT2D eigenvalue weighted by atomic mass is 127. The monoisotopic (exact) mass is 303 g/mol. The van der Waals surface area contributed by atoms with Crippen LogP contribution >= 0.6 is 22.6 Å². The van der Waals surface area contributed by atoms with Crippen molar-refractivity contribution in [3.05, 3.63) is 0 Å². The first-order valence-corrected chi connectivity index (χ1v) is 5.23. The van der Waals surface area contributed by atoms with Gasteiger partial charge in [0.25, 0.3) is 0 Å². The van der Waals surface area contributed by atoms with Crippen LogP contribution in [0.1, 0.15) is 0 Å². The lowest BCUT2D eigenvalue weighted by Gasteiger charge is -2.39.